The summed E-state index contributed by atoms with van der Waals surface area (Å²) in [6.07, 6.45) is 0. The Bertz CT molecular complexity index is 3160. The largest absolute Gasteiger partial charge is 0.247 e. The van der Waals surface area contributed by atoms with Crippen molar-refractivity contribution in [2.45, 2.75) is 52.4 Å². The van der Waals surface area contributed by atoms with Crippen molar-refractivity contribution < 1.29 is 0 Å². The average Bonchev–Trinajstić information content (AvgIpc) is 3.82. The summed E-state index contributed by atoms with van der Waals surface area (Å²) in [6, 6.07) is 53.2. The fraction of sp³-hybridized carbons (Fsp3) is 0.151. The van der Waals surface area contributed by atoms with E-state index in [1.54, 1.807) is 0 Å². The third-order valence-corrected chi connectivity index (χ3v) is 11.4. The Morgan fingerprint density at radius 3 is 1.55 bits per heavy atom. The Hall–Kier alpha value is -6.85. The Morgan fingerprint density at radius 1 is 0.345 bits per heavy atom. The second-order valence-electron chi connectivity index (χ2n) is 17.3. The van der Waals surface area contributed by atoms with E-state index in [2.05, 4.69) is 192 Å². The van der Waals surface area contributed by atoms with Crippen molar-refractivity contribution in [3.63, 3.8) is 0 Å². The maximum Gasteiger partial charge on any atom is 0.106 e. The number of rotatable bonds is 5. The van der Waals surface area contributed by atoms with Crippen molar-refractivity contribution in [2.24, 2.45) is 9.98 Å². The van der Waals surface area contributed by atoms with Crippen LogP contribution in [0, 0.1) is 10.4 Å². The summed E-state index contributed by atoms with van der Waals surface area (Å²) in [5.41, 5.74) is 15.8. The second-order valence-corrected chi connectivity index (χ2v) is 17.3. The first-order chi connectivity index (χ1) is 28.1. The minimum Gasteiger partial charge on any atom is -0.247 e. The van der Waals surface area contributed by atoms with Crippen molar-refractivity contribution >= 4 is 11.4 Å². The lowest BCUT2D eigenvalue weighted by Crippen LogP contribution is -2.25. The van der Waals surface area contributed by atoms with Gasteiger partial charge < -0.3 is 0 Å². The molecule has 2 aliphatic heterocycles. The summed E-state index contributed by atoms with van der Waals surface area (Å²) in [4.78, 5) is 11.0. The summed E-state index contributed by atoms with van der Waals surface area (Å²) in [5, 5.41) is 18.9. The van der Waals surface area contributed by atoms with Gasteiger partial charge in [0.05, 0.1) is 22.1 Å². The van der Waals surface area contributed by atoms with Crippen molar-refractivity contribution in [2.75, 3.05) is 0 Å². The van der Waals surface area contributed by atoms with Crippen LogP contribution in [0.4, 0.5) is 11.4 Å². The minimum atomic E-state index is -0.356. The predicted molar refractivity (Wildman–Crippen MR) is 236 cm³/mol. The first-order valence-corrected chi connectivity index (χ1v) is 20.0. The summed E-state index contributed by atoms with van der Waals surface area (Å²) < 4.78 is 0. The molecular weight excluding hydrogens is 707 g/mol. The van der Waals surface area contributed by atoms with E-state index in [-0.39, 0.29) is 10.8 Å². The molecule has 280 valence electrons. The number of nitrogens with zero attached hydrogens (tertiary/aromatic N) is 5. The fourth-order valence-electron chi connectivity index (χ4n) is 9.13. The van der Waals surface area contributed by atoms with Crippen LogP contribution in [0.3, 0.4) is 0 Å². The molecule has 5 heteroatoms. The molecule has 5 nitrogen and oxygen atoms in total. The van der Waals surface area contributed by atoms with Gasteiger partial charge in [0, 0.05) is 43.8 Å². The van der Waals surface area contributed by atoms with Gasteiger partial charge in [-0.25, -0.2) is 9.98 Å². The van der Waals surface area contributed by atoms with Crippen LogP contribution in [0.2, 0.25) is 0 Å². The fourth-order valence-corrected chi connectivity index (χ4v) is 9.13. The summed E-state index contributed by atoms with van der Waals surface area (Å²) in [7, 11) is 0. The third kappa shape index (κ3) is 5.64. The summed E-state index contributed by atoms with van der Waals surface area (Å²) in [5.74, 6) is 0. The van der Waals surface area contributed by atoms with E-state index in [0.29, 0.717) is 0 Å². The van der Waals surface area contributed by atoms with Gasteiger partial charge in [-0.15, -0.1) is 10.2 Å². The zero-order valence-corrected chi connectivity index (χ0v) is 33.7. The molecule has 3 heterocycles. The van der Waals surface area contributed by atoms with Crippen LogP contribution >= 0.6 is 0 Å². The summed E-state index contributed by atoms with van der Waals surface area (Å²) >= 11 is 0. The highest BCUT2D eigenvalue weighted by Crippen LogP contribution is 2.58. The van der Waals surface area contributed by atoms with E-state index in [4.69, 9.17) is 20.2 Å². The van der Waals surface area contributed by atoms with E-state index in [0.717, 1.165) is 99.5 Å². The van der Waals surface area contributed by atoms with Gasteiger partial charge in [0.1, 0.15) is 11.4 Å². The molecule has 58 heavy (non-hydrogen) atoms. The molecule has 0 saturated carbocycles. The quantitative estimate of drug-likeness (QED) is 0.176. The number of hydrogen-bond donors (Lipinski definition) is 0. The van der Waals surface area contributed by atoms with Crippen molar-refractivity contribution in [1.29, 1.82) is 0 Å². The number of hydrogen-bond acceptors (Lipinski definition) is 5. The Labute approximate surface area is 338 Å². The highest BCUT2D eigenvalue weighted by atomic mass is 15.3. The highest BCUT2D eigenvalue weighted by molar-refractivity contribution is 6.09. The van der Waals surface area contributed by atoms with Gasteiger partial charge >= 0.3 is 0 Å². The van der Waals surface area contributed by atoms with Crippen molar-refractivity contribution in [3.05, 3.63) is 184 Å². The topological polar surface area (TPSA) is 63.4 Å². The molecule has 0 radical (unpaired) electrons. The van der Waals surface area contributed by atoms with Gasteiger partial charge in [-0.3, -0.25) is 0 Å². The first kappa shape index (κ1) is 35.6. The molecule has 2 aliphatic rings. The van der Waals surface area contributed by atoms with Crippen LogP contribution in [0.25, 0.3) is 67.0 Å². The van der Waals surface area contributed by atoms with Crippen LogP contribution in [0.5, 0.6) is 0 Å². The Morgan fingerprint density at radius 2 is 0.879 bits per heavy atom. The van der Waals surface area contributed by atoms with Gasteiger partial charge in [0.25, 0.3) is 0 Å². The molecule has 0 bridgehead atoms. The third-order valence-electron chi connectivity index (χ3n) is 11.4. The van der Waals surface area contributed by atoms with Crippen molar-refractivity contribution in [1.82, 2.24) is 15.4 Å². The normalized spacial score (nSPS) is 12.6. The zero-order chi connectivity index (χ0) is 39.8. The van der Waals surface area contributed by atoms with Crippen LogP contribution in [0.1, 0.15) is 52.7 Å². The lowest BCUT2D eigenvalue weighted by atomic mass is 9.67. The Balaban J connectivity index is 1.46. The van der Waals surface area contributed by atoms with Gasteiger partial charge in [0.2, 0.25) is 0 Å². The maximum atomic E-state index is 5.64. The van der Waals surface area contributed by atoms with Gasteiger partial charge in [-0.05, 0) is 67.6 Å². The maximum absolute atomic E-state index is 5.64. The predicted octanol–water partition coefficient (Wildman–Crippen LogP) is 12.3. The highest BCUT2D eigenvalue weighted by Gasteiger charge is 2.40. The molecule has 0 saturated heterocycles. The molecule has 0 N–H and O–H groups in total. The van der Waals surface area contributed by atoms with E-state index < -0.39 is 0 Å². The van der Waals surface area contributed by atoms with E-state index in [9.17, 15) is 0 Å². The number of aromatic nitrogens is 3. The first-order valence-electron chi connectivity index (χ1n) is 20.0. The van der Waals surface area contributed by atoms with Crippen LogP contribution in [0.15, 0.2) is 162 Å². The monoisotopic (exact) mass is 749 g/mol. The SMILES string of the molecule is CC(C)(C)c1c(-c2ccccc2)c2c(c(-c3nnnc(-c4ccccc4)c3-c3ccccc3-c3ccccc3)c1C(C)(C)C)-c1c3c(ccc1=N2)=c1ccccc1=N3. The molecule has 7 aromatic carbocycles. The van der Waals surface area contributed by atoms with Gasteiger partial charge in [0.15, 0.2) is 0 Å². The molecule has 0 aliphatic carbocycles. The molecule has 10 rings (SSSR count). The zero-order valence-electron chi connectivity index (χ0n) is 33.7. The minimum absolute atomic E-state index is 0.296. The molecule has 0 spiro atoms. The summed E-state index contributed by atoms with van der Waals surface area (Å²) in [6.45, 7) is 14.0. The van der Waals surface area contributed by atoms with Crippen LogP contribution < -0.4 is 10.7 Å². The smallest absolute Gasteiger partial charge is 0.106 e. The van der Waals surface area contributed by atoms with Crippen molar-refractivity contribution in [3.8, 4) is 67.0 Å². The number of para-hydroxylation sites is 1. The lowest BCUT2D eigenvalue weighted by Gasteiger charge is -2.36. The Kier molecular flexibility index (Phi) is 8.20. The average molecular weight is 750 g/mol. The molecule has 0 atom stereocenters. The molecule has 0 fully saturated rings. The standard InChI is InChI=1S/C53H43N5/c1-52(2,3)46-41(33-22-12-8-13-23-33)50-44(43-40(55-50)31-30-38-36-27-18-19-29-39(36)54-49(38)43)45(47(46)53(4,5)6)51-42(48(56-58-57-51)34-24-14-9-15-25-34)37-28-17-16-26-35(37)32-20-10-7-11-21-32/h7-31H,1-6H3. The molecule has 1 aromatic heterocycles. The second kappa shape index (κ2) is 13.4. The lowest BCUT2D eigenvalue weighted by molar-refractivity contribution is 0.533. The van der Waals surface area contributed by atoms with E-state index in [1.807, 2.05) is 6.07 Å². The number of benzene rings is 7. The number of fused-ring (bicyclic) bond motifs is 6. The van der Waals surface area contributed by atoms with E-state index in [1.165, 1.54) is 11.1 Å². The molecular formula is C53H43N5. The van der Waals surface area contributed by atoms with Gasteiger partial charge in [-0.1, -0.05) is 175 Å². The van der Waals surface area contributed by atoms with E-state index >= 15 is 0 Å². The van der Waals surface area contributed by atoms with Crippen LogP contribution in [-0.4, -0.2) is 15.4 Å². The molecule has 0 amide bonds. The van der Waals surface area contributed by atoms with Gasteiger partial charge in [-0.2, -0.15) is 0 Å². The molecule has 8 aromatic rings. The molecule has 0 unspecified atom stereocenters. The van der Waals surface area contributed by atoms with Crippen LogP contribution in [-0.2, 0) is 10.8 Å².